The molecule has 78 valence electrons. The van der Waals surface area contributed by atoms with Gasteiger partial charge >= 0.3 is 0 Å². The molecule has 0 atom stereocenters. The van der Waals surface area contributed by atoms with Crippen LogP contribution in [-0.4, -0.2) is 15.3 Å². The average molecular weight is 262 g/mol. The molecule has 2 rings (SSSR count). The largest absolute Gasteiger partial charge is 0.506 e. The third kappa shape index (κ3) is 1.99. The number of phenolic OH excluding ortho intramolecular Hbond substituents is 1. The van der Waals surface area contributed by atoms with E-state index in [2.05, 4.69) is 10.2 Å². The Balaban J connectivity index is 2.62. The first-order chi connectivity index (χ1) is 7.08. The van der Waals surface area contributed by atoms with E-state index in [-0.39, 0.29) is 10.8 Å². The summed E-state index contributed by atoms with van der Waals surface area (Å²) in [6, 6.07) is 3.01. The quantitative estimate of drug-likeness (QED) is 0.828. The number of nitrogens with two attached hydrogens (primary N) is 1. The van der Waals surface area contributed by atoms with Crippen LogP contribution in [0.2, 0.25) is 10.0 Å². The lowest BCUT2D eigenvalue weighted by molar-refractivity contribution is 0.477. The van der Waals surface area contributed by atoms with E-state index < -0.39 is 0 Å². The maximum absolute atomic E-state index is 9.69. The van der Waals surface area contributed by atoms with Crippen molar-refractivity contribution in [2.75, 3.05) is 5.73 Å². The van der Waals surface area contributed by atoms with Crippen molar-refractivity contribution >= 4 is 39.7 Å². The van der Waals surface area contributed by atoms with Crippen LogP contribution in [0, 0.1) is 0 Å². The lowest BCUT2D eigenvalue weighted by Gasteiger charge is -2.03. The van der Waals surface area contributed by atoms with E-state index in [0.717, 1.165) is 11.3 Å². The summed E-state index contributed by atoms with van der Waals surface area (Å²) in [5, 5.41) is 18.5. The Bertz CT molecular complexity index is 515. The van der Waals surface area contributed by atoms with Crippen molar-refractivity contribution < 1.29 is 5.11 Å². The highest BCUT2D eigenvalue weighted by Gasteiger charge is 2.13. The molecule has 0 aliphatic carbocycles. The van der Waals surface area contributed by atoms with Gasteiger partial charge in [-0.15, -0.1) is 10.2 Å². The van der Waals surface area contributed by atoms with Gasteiger partial charge in [-0.25, -0.2) is 0 Å². The summed E-state index contributed by atoms with van der Waals surface area (Å²) in [7, 11) is 0. The number of aromatic nitrogens is 2. The van der Waals surface area contributed by atoms with E-state index in [4.69, 9.17) is 28.9 Å². The van der Waals surface area contributed by atoms with Gasteiger partial charge in [-0.05, 0) is 12.1 Å². The third-order valence-corrected chi connectivity index (χ3v) is 2.99. The van der Waals surface area contributed by atoms with Gasteiger partial charge in [-0.2, -0.15) is 0 Å². The Morgan fingerprint density at radius 3 is 2.60 bits per heavy atom. The van der Waals surface area contributed by atoms with Gasteiger partial charge in [0, 0.05) is 5.02 Å². The van der Waals surface area contributed by atoms with Gasteiger partial charge in [0.15, 0.2) is 5.01 Å². The van der Waals surface area contributed by atoms with Crippen LogP contribution >= 0.6 is 34.5 Å². The molecule has 1 aromatic carbocycles. The molecule has 0 aliphatic heterocycles. The van der Waals surface area contributed by atoms with Gasteiger partial charge in [-0.3, -0.25) is 0 Å². The van der Waals surface area contributed by atoms with Crippen molar-refractivity contribution in [2.24, 2.45) is 0 Å². The second-order valence-electron chi connectivity index (χ2n) is 2.73. The monoisotopic (exact) mass is 261 g/mol. The van der Waals surface area contributed by atoms with Crippen LogP contribution in [0.1, 0.15) is 0 Å². The van der Waals surface area contributed by atoms with Gasteiger partial charge in [0.25, 0.3) is 0 Å². The van der Waals surface area contributed by atoms with Crippen molar-refractivity contribution in [2.45, 2.75) is 0 Å². The zero-order chi connectivity index (χ0) is 11.0. The number of phenols is 1. The molecular formula is C8H5Cl2N3OS. The van der Waals surface area contributed by atoms with Crippen LogP contribution in [0.25, 0.3) is 10.6 Å². The van der Waals surface area contributed by atoms with Gasteiger partial charge in [-0.1, -0.05) is 34.5 Å². The van der Waals surface area contributed by atoms with Crippen LogP contribution in [-0.2, 0) is 0 Å². The molecule has 0 radical (unpaired) electrons. The molecule has 0 spiro atoms. The summed E-state index contributed by atoms with van der Waals surface area (Å²) in [6.07, 6.45) is 0. The molecule has 1 heterocycles. The van der Waals surface area contributed by atoms with Gasteiger partial charge < -0.3 is 10.8 Å². The SMILES string of the molecule is Nc1nnc(-c2cc(Cl)cc(Cl)c2O)s1. The molecule has 0 unspecified atom stereocenters. The average Bonchev–Trinajstić information content (AvgIpc) is 2.58. The minimum Gasteiger partial charge on any atom is -0.506 e. The van der Waals surface area contributed by atoms with Gasteiger partial charge in [0.1, 0.15) is 5.75 Å². The Morgan fingerprint density at radius 1 is 1.27 bits per heavy atom. The van der Waals surface area contributed by atoms with Crippen molar-refractivity contribution in [1.82, 2.24) is 10.2 Å². The van der Waals surface area contributed by atoms with Crippen LogP contribution in [0.5, 0.6) is 5.75 Å². The van der Waals surface area contributed by atoms with Crippen molar-refractivity contribution in [3.8, 4) is 16.3 Å². The summed E-state index contributed by atoms with van der Waals surface area (Å²) < 4.78 is 0. The normalized spacial score (nSPS) is 10.5. The van der Waals surface area contributed by atoms with E-state index in [1.807, 2.05) is 0 Å². The smallest absolute Gasteiger partial charge is 0.203 e. The number of nitrogen functional groups attached to an aromatic ring is 1. The minimum absolute atomic E-state index is 0.0720. The zero-order valence-electron chi connectivity index (χ0n) is 7.24. The van der Waals surface area contributed by atoms with E-state index in [1.165, 1.54) is 6.07 Å². The first kappa shape index (κ1) is 10.5. The fourth-order valence-corrected chi connectivity index (χ4v) is 2.19. The molecule has 0 saturated carbocycles. The molecule has 0 amide bonds. The molecule has 3 N–H and O–H groups in total. The predicted octanol–water partition coefficient (Wildman–Crippen LogP) is 2.80. The summed E-state index contributed by atoms with van der Waals surface area (Å²) in [4.78, 5) is 0. The Hall–Kier alpha value is -1.04. The van der Waals surface area contributed by atoms with Crippen LogP contribution in [0.15, 0.2) is 12.1 Å². The second kappa shape index (κ2) is 3.84. The molecule has 15 heavy (non-hydrogen) atoms. The Labute approximate surface area is 99.3 Å². The number of aromatic hydroxyl groups is 1. The lowest BCUT2D eigenvalue weighted by atomic mass is 10.2. The van der Waals surface area contributed by atoms with Gasteiger partial charge in [0.05, 0.1) is 10.6 Å². The van der Waals surface area contributed by atoms with Gasteiger partial charge in [0.2, 0.25) is 5.13 Å². The first-order valence-corrected chi connectivity index (χ1v) is 5.42. The van der Waals surface area contributed by atoms with Crippen LogP contribution < -0.4 is 5.73 Å². The highest BCUT2D eigenvalue weighted by Crippen LogP contribution is 2.39. The number of halogens is 2. The number of benzene rings is 1. The maximum atomic E-state index is 9.69. The molecule has 0 bridgehead atoms. The lowest BCUT2D eigenvalue weighted by Crippen LogP contribution is -1.81. The summed E-state index contributed by atoms with van der Waals surface area (Å²) >= 11 is 12.7. The molecule has 0 fully saturated rings. The molecule has 7 heteroatoms. The second-order valence-corrected chi connectivity index (χ2v) is 4.58. The highest BCUT2D eigenvalue weighted by molar-refractivity contribution is 7.18. The van der Waals surface area contributed by atoms with Crippen molar-refractivity contribution in [3.63, 3.8) is 0 Å². The first-order valence-electron chi connectivity index (χ1n) is 3.85. The molecule has 0 aliphatic rings. The standard InChI is InChI=1S/C8H5Cl2N3OS/c9-3-1-4(6(14)5(10)2-3)7-12-13-8(11)15-7/h1-2,14H,(H2,11,13). The zero-order valence-corrected chi connectivity index (χ0v) is 9.57. The fourth-order valence-electron chi connectivity index (χ4n) is 1.07. The van der Waals surface area contributed by atoms with E-state index in [0.29, 0.717) is 20.7 Å². The fraction of sp³-hybridized carbons (Fsp3) is 0. The molecule has 1 aromatic heterocycles. The number of nitrogens with zero attached hydrogens (tertiary/aromatic N) is 2. The number of rotatable bonds is 1. The highest BCUT2D eigenvalue weighted by atomic mass is 35.5. The number of anilines is 1. The van der Waals surface area contributed by atoms with Crippen LogP contribution in [0.4, 0.5) is 5.13 Å². The Morgan fingerprint density at radius 2 is 2.00 bits per heavy atom. The van der Waals surface area contributed by atoms with Crippen molar-refractivity contribution in [3.05, 3.63) is 22.2 Å². The van der Waals surface area contributed by atoms with E-state index in [9.17, 15) is 5.11 Å². The Kier molecular flexibility index (Phi) is 2.68. The number of hydrogen-bond donors (Lipinski definition) is 2. The minimum atomic E-state index is -0.0720. The van der Waals surface area contributed by atoms with E-state index in [1.54, 1.807) is 6.07 Å². The maximum Gasteiger partial charge on any atom is 0.203 e. The molecule has 0 saturated heterocycles. The topological polar surface area (TPSA) is 72.0 Å². The molecule has 2 aromatic rings. The molecular weight excluding hydrogens is 257 g/mol. The summed E-state index contributed by atoms with van der Waals surface area (Å²) in [5.41, 5.74) is 5.87. The predicted molar refractivity (Wildman–Crippen MR) is 61.4 cm³/mol. The van der Waals surface area contributed by atoms with Crippen molar-refractivity contribution in [1.29, 1.82) is 0 Å². The summed E-state index contributed by atoms with van der Waals surface area (Å²) in [6.45, 7) is 0. The third-order valence-electron chi connectivity index (χ3n) is 1.70. The summed E-state index contributed by atoms with van der Waals surface area (Å²) in [5.74, 6) is -0.0720. The number of hydrogen-bond acceptors (Lipinski definition) is 5. The van der Waals surface area contributed by atoms with E-state index >= 15 is 0 Å². The van der Waals surface area contributed by atoms with Crippen LogP contribution in [0.3, 0.4) is 0 Å². The molecule has 4 nitrogen and oxygen atoms in total.